The minimum Gasteiger partial charge on any atom is -0.481 e. The molecule has 19 heavy (non-hydrogen) atoms. The van der Waals surface area contributed by atoms with E-state index in [1.165, 1.54) is 6.92 Å². The number of ether oxygens (including phenoxy) is 2. The van der Waals surface area contributed by atoms with Crippen LogP contribution in [0, 0.1) is 0 Å². The third kappa shape index (κ3) is 13.2. The number of esters is 2. The summed E-state index contributed by atoms with van der Waals surface area (Å²) in [6.07, 6.45) is 1.12. The van der Waals surface area contributed by atoms with Crippen molar-refractivity contribution in [1.29, 1.82) is 0 Å². The molecule has 0 radical (unpaired) electrons. The third-order valence-corrected chi connectivity index (χ3v) is 1.95. The maximum absolute atomic E-state index is 11.1. The highest BCUT2D eigenvalue weighted by Crippen LogP contribution is 2.01. The second kappa shape index (κ2) is 12.0. The van der Waals surface area contributed by atoms with Crippen molar-refractivity contribution < 1.29 is 29.0 Å². The van der Waals surface area contributed by atoms with Crippen molar-refractivity contribution in [2.24, 2.45) is 0 Å². The van der Waals surface area contributed by atoms with Crippen LogP contribution in [0.4, 0.5) is 0 Å². The first kappa shape index (κ1) is 20.2. The molecular weight excluding hydrogens is 264 g/mol. The van der Waals surface area contributed by atoms with Crippen LogP contribution in [0.15, 0.2) is 12.2 Å². The van der Waals surface area contributed by atoms with E-state index in [9.17, 15) is 14.4 Å². The van der Waals surface area contributed by atoms with Gasteiger partial charge in [0.05, 0.1) is 0 Å². The molecule has 0 bridgehead atoms. The molecule has 0 unspecified atom stereocenters. The average Bonchev–Trinajstić information content (AvgIpc) is 2.29. The Bertz CT molecular complexity index is 326. The SMILES string of the molecule is C=C(C)C(=O)OCCOC(=O)CCCCC(=O)O.[MgH2]. The minimum absolute atomic E-state index is 0. The van der Waals surface area contributed by atoms with Crippen molar-refractivity contribution in [2.45, 2.75) is 32.6 Å². The van der Waals surface area contributed by atoms with Gasteiger partial charge in [0.25, 0.3) is 0 Å². The van der Waals surface area contributed by atoms with Crippen molar-refractivity contribution in [2.75, 3.05) is 13.2 Å². The van der Waals surface area contributed by atoms with Gasteiger partial charge < -0.3 is 14.6 Å². The molecule has 0 aliphatic carbocycles. The summed E-state index contributed by atoms with van der Waals surface area (Å²) < 4.78 is 9.50. The molecule has 0 rings (SSSR count). The number of unbranched alkanes of at least 4 members (excludes halogenated alkanes) is 1. The average molecular weight is 285 g/mol. The van der Waals surface area contributed by atoms with Gasteiger partial charge in [0.1, 0.15) is 13.2 Å². The summed E-state index contributed by atoms with van der Waals surface area (Å²) in [5.41, 5.74) is 0.287. The predicted octanol–water partition coefficient (Wildman–Crippen LogP) is 0.378. The fraction of sp³-hybridized carbons (Fsp3) is 0.583. The topological polar surface area (TPSA) is 89.9 Å². The number of carboxylic acids is 1. The number of hydrogen-bond acceptors (Lipinski definition) is 5. The quantitative estimate of drug-likeness (QED) is 0.285. The smallest absolute Gasteiger partial charge is 0.333 e. The fourth-order valence-corrected chi connectivity index (χ4v) is 1.03. The van der Waals surface area contributed by atoms with Crippen LogP contribution < -0.4 is 0 Å². The van der Waals surface area contributed by atoms with Crippen LogP contribution in [0.5, 0.6) is 0 Å². The Kier molecular flexibility index (Phi) is 12.8. The molecule has 0 saturated heterocycles. The van der Waals surface area contributed by atoms with E-state index in [0.29, 0.717) is 12.8 Å². The van der Waals surface area contributed by atoms with Crippen LogP contribution in [-0.4, -0.2) is 59.3 Å². The molecule has 0 spiro atoms. The number of aliphatic carboxylic acids is 1. The second-order valence-electron chi connectivity index (χ2n) is 3.74. The lowest BCUT2D eigenvalue weighted by molar-refractivity contribution is -0.150. The monoisotopic (exact) mass is 284 g/mol. The molecule has 0 fully saturated rings. The van der Waals surface area contributed by atoms with Crippen LogP contribution in [-0.2, 0) is 23.9 Å². The lowest BCUT2D eigenvalue weighted by Crippen LogP contribution is -2.14. The lowest BCUT2D eigenvalue weighted by Gasteiger charge is -2.05. The standard InChI is InChI=1S/C12H18O6.Mg.2H/c1-9(2)12(16)18-8-7-17-11(15)6-4-3-5-10(13)14;;;/h1,3-8H2,2H3,(H,13,14);;;. The molecular formula is C12H20MgO6. The van der Waals surface area contributed by atoms with Gasteiger partial charge in [0, 0.05) is 18.4 Å². The normalized spacial score (nSPS) is 9.11. The van der Waals surface area contributed by atoms with Crippen molar-refractivity contribution in [1.82, 2.24) is 0 Å². The summed E-state index contributed by atoms with van der Waals surface area (Å²) in [7, 11) is 0. The molecule has 0 amide bonds. The Morgan fingerprint density at radius 3 is 2.11 bits per heavy atom. The van der Waals surface area contributed by atoms with E-state index in [0.717, 1.165) is 0 Å². The maximum Gasteiger partial charge on any atom is 0.333 e. The van der Waals surface area contributed by atoms with E-state index in [2.05, 4.69) is 6.58 Å². The molecule has 0 aromatic rings. The maximum atomic E-state index is 11.1. The molecule has 0 aromatic heterocycles. The largest absolute Gasteiger partial charge is 0.481 e. The van der Waals surface area contributed by atoms with Gasteiger partial charge in [0.15, 0.2) is 0 Å². The van der Waals surface area contributed by atoms with Crippen molar-refractivity contribution >= 4 is 41.0 Å². The molecule has 106 valence electrons. The first-order chi connectivity index (χ1) is 8.43. The summed E-state index contributed by atoms with van der Waals surface area (Å²) in [6, 6.07) is 0. The van der Waals surface area contributed by atoms with Gasteiger partial charge in [-0.15, -0.1) is 0 Å². The van der Waals surface area contributed by atoms with Crippen LogP contribution in [0.25, 0.3) is 0 Å². The van der Waals surface area contributed by atoms with E-state index < -0.39 is 17.9 Å². The van der Waals surface area contributed by atoms with Gasteiger partial charge in [-0.3, -0.25) is 9.59 Å². The van der Waals surface area contributed by atoms with Gasteiger partial charge in [-0.25, -0.2) is 4.79 Å². The van der Waals surface area contributed by atoms with E-state index in [1.807, 2.05) is 0 Å². The van der Waals surface area contributed by atoms with E-state index in [1.54, 1.807) is 0 Å². The number of carbonyl (C=O) groups excluding carboxylic acids is 2. The zero-order valence-electron chi connectivity index (χ0n) is 10.4. The molecule has 0 heterocycles. The Morgan fingerprint density at radius 2 is 1.58 bits per heavy atom. The first-order valence-electron chi connectivity index (χ1n) is 5.63. The lowest BCUT2D eigenvalue weighted by atomic mass is 10.2. The van der Waals surface area contributed by atoms with Gasteiger partial charge in [-0.1, -0.05) is 6.58 Å². The Morgan fingerprint density at radius 1 is 1.05 bits per heavy atom. The molecule has 0 aromatic carbocycles. The highest BCUT2D eigenvalue weighted by molar-refractivity contribution is 5.86. The highest BCUT2D eigenvalue weighted by atomic mass is 24.3. The van der Waals surface area contributed by atoms with Gasteiger partial charge in [0.2, 0.25) is 0 Å². The molecule has 0 aliphatic heterocycles. The summed E-state index contributed by atoms with van der Waals surface area (Å²) in [6.45, 7) is 4.92. The molecule has 0 saturated carbocycles. The molecule has 0 atom stereocenters. The van der Waals surface area contributed by atoms with Gasteiger partial charge >= 0.3 is 41.0 Å². The van der Waals surface area contributed by atoms with Crippen molar-refractivity contribution in [3.05, 3.63) is 12.2 Å². The second-order valence-corrected chi connectivity index (χ2v) is 3.74. The van der Waals surface area contributed by atoms with Crippen LogP contribution in [0.1, 0.15) is 32.6 Å². The van der Waals surface area contributed by atoms with E-state index in [4.69, 9.17) is 14.6 Å². The summed E-state index contributed by atoms with van der Waals surface area (Å²) >= 11 is 0. The zero-order valence-corrected chi connectivity index (χ0v) is 10.4. The molecule has 7 heteroatoms. The number of carboxylic acid groups (broad SMARTS) is 1. The Balaban J connectivity index is 0. The van der Waals surface area contributed by atoms with Crippen LogP contribution in [0.3, 0.4) is 0 Å². The van der Waals surface area contributed by atoms with E-state index >= 15 is 0 Å². The Labute approximate surface area is 128 Å². The minimum atomic E-state index is -0.880. The van der Waals surface area contributed by atoms with E-state index in [-0.39, 0.29) is 54.7 Å². The number of rotatable bonds is 9. The zero-order chi connectivity index (χ0) is 14.0. The predicted molar refractivity (Wildman–Crippen MR) is 71.4 cm³/mol. The molecule has 0 aliphatic rings. The number of carbonyl (C=O) groups is 3. The summed E-state index contributed by atoms with van der Waals surface area (Å²) in [5.74, 6) is -1.82. The summed E-state index contributed by atoms with van der Waals surface area (Å²) in [4.78, 5) is 32.3. The number of hydrogen-bond donors (Lipinski definition) is 1. The van der Waals surface area contributed by atoms with Gasteiger partial charge in [-0.2, -0.15) is 0 Å². The molecule has 6 nitrogen and oxygen atoms in total. The Hall–Kier alpha value is -1.08. The summed E-state index contributed by atoms with van der Waals surface area (Å²) in [5, 5.41) is 8.38. The van der Waals surface area contributed by atoms with Crippen molar-refractivity contribution in [3.8, 4) is 0 Å². The molecule has 1 N–H and O–H groups in total. The van der Waals surface area contributed by atoms with Crippen LogP contribution >= 0.6 is 0 Å². The fourth-order valence-electron chi connectivity index (χ4n) is 1.03. The highest BCUT2D eigenvalue weighted by Gasteiger charge is 2.06. The van der Waals surface area contributed by atoms with Gasteiger partial charge in [-0.05, 0) is 19.8 Å². The third-order valence-electron chi connectivity index (χ3n) is 1.95. The first-order valence-corrected chi connectivity index (χ1v) is 5.63. The van der Waals surface area contributed by atoms with Crippen LogP contribution in [0.2, 0.25) is 0 Å². The van der Waals surface area contributed by atoms with Crippen molar-refractivity contribution in [3.63, 3.8) is 0 Å².